The van der Waals surface area contributed by atoms with Gasteiger partial charge in [0.1, 0.15) is 0 Å². The van der Waals surface area contributed by atoms with E-state index in [0.29, 0.717) is 21.6 Å². The van der Waals surface area contributed by atoms with E-state index in [1.54, 1.807) is 6.07 Å². The predicted octanol–water partition coefficient (Wildman–Crippen LogP) is 2.22. The first-order chi connectivity index (χ1) is 8.06. The van der Waals surface area contributed by atoms with Gasteiger partial charge in [0.05, 0.1) is 26.6 Å². The van der Waals surface area contributed by atoms with Crippen LogP contribution in [0.4, 0.5) is 5.69 Å². The molecule has 0 aliphatic rings. The van der Waals surface area contributed by atoms with Crippen molar-refractivity contribution in [3.63, 3.8) is 0 Å². The van der Waals surface area contributed by atoms with Crippen LogP contribution in [0.2, 0.25) is 0 Å². The Morgan fingerprint density at radius 2 is 2.29 bits per heavy atom. The van der Waals surface area contributed by atoms with Gasteiger partial charge in [0.25, 0.3) is 5.69 Å². The number of fused-ring (bicyclic) bond motifs is 1. The van der Waals surface area contributed by atoms with Gasteiger partial charge >= 0.3 is 5.97 Å². The van der Waals surface area contributed by atoms with Crippen molar-refractivity contribution < 1.29 is 14.8 Å². The summed E-state index contributed by atoms with van der Waals surface area (Å²) in [7, 11) is 0. The fraction of sp³-hybridized carbons (Fsp3) is 0.200. The lowest BCUT2D eigenvalue weighted by molar-refractivity contribution is -0.384. The zero-order valence-electron chi connectivity index (χ0n) is 8.62. The molecule has 0 bridgehead atoms. The van der Waals surface area contributed by atoms with Gasteiger partial charge < -0.3 is 5.11 Å². The van der Waals surface area contributed by atoms with Gasteiger partial charge in [-0.2, -0.15) is 0 Å². The van der Waals surface area contributed by atoms with E-state index in [-0.39, 0.29) is 12.1 Å². The number of carboxylic acids is 1. The summed E-state index contributed by atoms with van der Waals surface area (Å²) in [6.07, 6.45) is 0.365. The van der Waals surface area contributed by atoms with Crippen molar-refractivity contribution in [2.75, 3.05) is 0 Å². The van der Waals surface area contributed by atoms with E-state index in [9.17, 15) is 14.9 Å². The number of nitro groups is 1. The first kappa shape index (κ1) is 11.5. The second kappa shape index (κ2) is 4.46. The molecule has 0 aliphatic heterocycles. The number of rotatable bonds is 4. The SMILES string of the molecule is O=C(O)CCc1nc2ccc([N+](=O)[O-])cc2s1. The summed E-state index contributed by atoms with van der Waals surface area (Å²) in [5.74, 6) is -0.879. The zero-order valence-corrected chi connectivity index (χ0v) is 9.44. The van der Waals surface area contributed by atoms with Gasteiger partial charge in [-0.15, -0.1) is 11.3 Å². The first-order valence-corrected chi connectivity index (χ1v) is 5.63. The average Bonchev–Trinajstić information content (AvgIpc) is 2.67. The molecule has 2 rings (SSSR count). The van der Waals surface area contributed by atoms with E-state index < -0.39 is 10.9 Å². The summed E-state index contributed by atoms with van der Waals surface area (Å²) in [5.41, 5.74) is 0.687. The number of benzene rings is 1. The lowest BCUT2D eigenvalue weighted by Gasteiger charge is -1.89. The molecule has 0 spiro atoms. The molecule has 2 aromatic rings. The molecule has 1 heterocycles. The highest BCUT2D eigenvalue weighted by molar-refractivity contribution is 7.18. The number of thiazole rings is 1. The molecule has 1 aromatic heterocycles. The maximum Gasteiger partial charge on any atom is 0.303 e. The Hall–Kier alpha value is -2.02. The number of nitrogens with zero attached hydrogens (tertiary/aromatic N) is 2. The number of carbonyl (C=O) groups is 1. The Balaban J connectivity index is 2.30. The molecule has 17 heavy (non-hydrogen) atoms. The maximum absolute atomic E-state index is 10.6. The minimum Gasteiger partial charge on any atom is -0.481 e. The number of aryl methyl sites for hydroxylation is 1. The van der Waals surface area contributed by atoms with E-state index in [2.05, 4.69) is 4.98 Å². The van der Waals surface area contributed by atoms with Gasteiger partial charge in [-0.05, 0) is 6.07 Å². The van der Waals surface area contributed by atoms with Crippen molar-refractivity contribution in [2.24, 2.45) is 0 Å². The van der Waals surface area contributed by atoms with Crippen LogP contribution in [0.1, 0.15) is 11.4 Å². The van der Waals surface area contributed by atoms with Crippen LogP contribution < -0.4 is 0 Å². The molecule has 7 heteroatoms. The van der Waals surface area contributed by atoms with E-state index in [4.69, 9.17) is 5.11 Å². The van der Waals surface area contributed by atoms with Crippen molar-refractivity contribution >= 4 is 33.2 Å². The zero-order chi connectivity index (χ0) is 12.4. The third-order valence-corrected chi connectivity index (χ3v) is 3.26. The third kappa shape index (κ3) is 2.56. The quantitative estimate of drug-likeness (QED) is 0.665. The molecule has 88 valence electrons. The van der Waals surface area contributed by atoms with E-state index in [0.717, 1.165) is 0 Å². The Labute approximate surface area is 99.7 Å². The normalized spacial score (nSPS) is 10.6. The van der Waals surface area contributed by atoms with Gasteiger partial charge in [-0.3, -0.25) is 14.9 Å². The number of nitro benzene ring substituents is 1. The van der Waals surface area contributed by atoms with Crippen LogP contribution in [0.3, 0.4) is 0 Å². The summed E-state index contributed by atoms with van der Waals surface area (Å²) in [6, 6.07) is 4.43. The molecule has 0 unspecified atom stereocenters. The van der Waals surface area contributed by atoms with Crippen molar-refractivity contribution in [1.29, 1.82) is 0 Å². The molecule has 1 aromatic carbocycles. The van der Waals surface area contributed by atoms with Gasteiger partial charge in [-0.1, -0.05) is 0 Å². The molecular weight excluding hydrogens is 244 g/mol. The predicted molar refractivity (Wildman–Crippen MR) is 62.2 cm³/mol. The number of hydrogen-bond donors (Lipinski definition) is 1. The van der Waals surface area contributed by atoms with Crippen LogP contribution in [0.25, 0.3) is 10.2 Å². The van der Waals surface area contributed by atoms with Gasteiger partial charge in [-0.25, -0.2) is 4.98 Å². The Morgan fingerprint density at radius 1 is 1.53 bits per heavy atom. The standard InChI is InChI=1S/C10H8N2O4S/c13-10(14)4-3-9-11-7-2-1-6(12(15)16)5-8(7)17-9/h1-2,5H,3-4H2,(H,13,14). The summed E-state index contributed by atoms with van der Waals surface area (Å²) >= 11 is 1.29. The molecule has 0 amide bonds. The summed E-state index contributed by atoms with van der Waals surface area (Å²) in [6.45, 7) is 0. The van der Waals surface area contributed by atoms with Crippen LogP contribution >= 0.6 is 11.3 Å². The highest BCUT2D eigenvalue weighted by Gasteiger charge is 2.10. The molecule has 0 fully saturated rings. The molecule has 6 nitrogen and oxygen atoms in total. The highest BCUT2D eigenvalue weighted by atomic mass is 32.1. The lowest BCUT2D eigenvalue weighted by atomic mass is 10.3. The van der Waals surface area contributed by atoms with Crippen molar-refractivity contribution in [3.8, 4) is 0 Å². The van der Waals surface area contributed by atoms with E-state index in [1.807, 2.05) is 0 Å². The van der Waals surface area contributed by atoms with Crippen molar-refractivity contribution in [2.45, 2.75) is 12.8 Å². The summed E-state index contributed by atoms with van der Waals surface area (Å²) < 4.78 is 0.708. The lowest BCUT2D eigenvalue weighted by Crippen LogP contribution is -1.96. The Bertz CT molecular complexity index is 593. The Kier molecular flexibility index (Phi) is 3.01. The third-order valence-electron chi connectivity index (χ3n) is 2.18. The molecular formula is C10H8N2O4S. The minimum absolute atomic E-state index is 0.0158. The first-order valence-electron chi connectivity index (χ1n) is 4.82. The number of carboxylic acid groups (broad SMARTS) is 1. The molecule has 0 radical (unpaired) electrons. The summed E-state index contributed by atoms with van der Waals surface area (Å²) in [4.78, 5) is 24.8. The second-order valence-electron chi connectivity index (χ2n) is 3.41. The van der Waals surface area contributed by atoms with E-state index >= 15 is 0 Å². The van der Waals surface area contributed by atoms with E-state index in [1.165, 1.54) is 23.5 Å². The second-order valence-corrected chi connectivity index (χ2v) is 4.53. The van der Waals surface area contributed by atoms with Crippen molar-refractivity contribution in [1.82, 2.24) is 4.98 Å². The fourth-order valence-corrected chi connectivity index (χ4v) is 2.40. The largest absolute Gasteiger partial charge is 0.481 e. The van der Waals surface area contributed by atoms with Gasteiger partial charge in [0, 0.05) is 18.6 Å². The number of aromatic nitrogens is 1. The van der Waals surface area contributed by atoms with Gasteiger partial charge in [0.2, 0.25) is 0 Å². The topological polar surface area (TPSA) is 93.3 Å². The molecule has 0 saturated heterocycles. The van der Waals surface area contributed by atoms with Crippen LogP contribution in [-0.2, 0) is 11.2 Å². The van der Waals surface area contributed by atoms with Crippen LogP contribution in [0.15, 0.2) is 18.2 Å². The van der Waals surface area contributed by atoms with Crippen LogP contribution in [0, 0.1) is 10.1 Å². The highest BCUT2D eigenvalue weighted by Crippen LogP contribution is 2.26. The molecule has 1 N–H and O–H groups in total. The fourth-order valence-electron chi connectivity index (χ4n) is 1.40. The molecule has 0 aliphatic carbocycles. The monoisotopic (exact) mass is 252 g/mol. The van der Waals surface area contributed by atoms with Crippen molar-refractivity contribution in [3.05, 3.63) is 33.3 Å². The average molecular weight is 252 g/mol. The molecule has 0 saturated carbocycles. The summed E-state index contributed by atoms with van der Waals surface area (Å²) in [5, 5.41) is 19.8. The number of non-ortho nitro benzene ring substituents is 1. The molecule has 0 atom stereocenters. The maximum atomic E-state index is 10.6. The number of aliphatic carboxylic acids is 1. The van der Waals surface area contributed by atoms with Gasteiger partial charge in [0.15, 0.2) is 0 Å². The van der Waals surface area contributed by atoms with Crippen LogP contribution in [0.5, 0.6) is 0 Å². The number of hydrogen-bond acceptors (Lipinski definition) is 5. The van der Waals surface area contributed by atoms with Crippen LogP contribution in [-0.4, -0.2) is 21.0 Å². The minimum atomic E-state index is -0.879. The Morgan fingerprint density at radius 3 is 2.94 bits per heavy atom. The smallest absolute Gasteiger partial charge is 0.303 e.